The number of hydrogen-bond donors (Lipinski definition) is 1. The molecule has 5 heteroatoms. The van der Waals surface area contributed by atoms with Gasteiger partial charge in [-0.25, -0.2) is 0 Å². The second-order valence-electron chi connectivity index (χ2n) is 5.06. The minimum absolute atomic E-state index is 0.106. The zero-order valence-corrected chi connectivity index (χ0v) is 14.0. The van der Waals surface area contributed by atoms with E-state index in [9.17, 15) is 4.21 Å². The molecule has 3 rings (SSSR count). The van der Waals surface area contributed by atoms with Crippen LogP contribution in [0.3, 0.4) is 0 Å². The van der Waals surface area contributed by atoms with E-state index < -0.39 is 10.8 Å². The summed E-state index contributed by atoms with van der Waals surface area (Å²) in [6.45, 7) is 0. The highest BCUT2D eigenvalue weighted by Gasteiger charge is 2.35. The number of nitrogens with two attached hydrogens (primary N) is 1. The van der Waals surface area contributed by atoms with Crippen LogP contribution in [0.4, 0.5) is 0 Å². The minimum atomic E-state index is -1.15. The molecule has 0 saturated carbocycles. The Kier molecular flexibility index (Phi) is 4.15. The van der Waals surface area contributed by atoms with Crippen LogP contribution in [0.1, 0.15) is 17.2 Å². The van der Waals surface area contributed by atoms with E-state index in [1.807, 2.05) is 42.5 Å². The van der Waals surface area contributed by atoms with E-state index in [1.165, 1.54) is 0 Å². The second kappa shape index (κ2) is 5.91. The van der Waals surface area contributed by atoms with Crippen molar-refractivity contribution in [1.29, 1.82) is 0 Å². The first-order valence-electron chi connectivity index (χ1n) is 6.69. The summed E-state index contributed by atoms with van der Waals surface area (Å²) in [5, 5.41) is -0.106. The Bertz CT molecular complexity index is 704. The zero-order chi connectivity index (χ0) is 15.0. The molecule has 3 atom stereocenters. The van der Waals surface area contributed by atoms with Crippen LogP contribution in [0.5, 0.6) is 5.75 Å². The highest BCUT2D eigenvalue weighted by Crippen LogP contribution is 2.37. The summed E-state index contributed by atoms with van der Waals surface area (Å²) in [6, 6.07) is 13.3. The summed E-state index contributed by atoms with van der Waals surface area (Å²) in [6.07, 6.45) is 0.731. The maximum Gasteiger partial charge on any atom is 0.119 e. The Labute approximate surface area is 135 Å². The van der Waals surface area contributed by atoms with Crippen molar-refractivity contribution in [3.63, 3.8) is 0 Å². The molecule has 0 aromatic heterocycles. The lowest BCUT2D eigenvalue weighted by atomic mass is 10.1. The maximum atomic E-state index is 12.9. The van der Waals surface area contributed by atoms with Crippen LogP contribution in [0.25, 0.3) is 0 Å². The van der Waals surface area contributed by atoms with Crippen molar-refractivity contribution in [2.24, 2.45) is 5.73 Å². The average molecular weight is 366 g/mol. The van der Waals surface area contributed by atoms with E-state index >= 15 is 0 Å². The summed E-state index contributed by atoms with van der Waals surface area (Å²) in [4.78, 5) is 0.803. The molecule has 0 bridgehead atoms. The topological polar surface area (TPSA) is 52.3 Å². The van der Waals surface area contributed by atoms with E-state index in [1.54, 1.807) is 7.11 Å². The highest BCUT2D eigenvalue weighted by atomic mass is 79.9. The van der Waals surface area contributed by atoms with E-state index in [4.69, 9.17) is 10.5 Å². The molecule has 2 N–H and O–H groups in total. The lowest BCUT2D eigenvalue weighted by molar-refractivity contribution is 0.414. The number of halogens is 1. The Morgan fingerprint density at radius 1 is 1.29 bits per heavy atom. The van der Waals surface area contributed by atoms with Gasteiger partial charge in [0.2, 0.25) is 0 Å². The van der Waals surface area contributed by atoms with E-state index in [-0.39, 0.29) is 11.3 Å². The van der Waals surface area contributed by atoms with Gasteiger partial charge in [-0.15, -0.1) is 0 Å². The average Bonchev–Trinajstić information content (AvgIpc) is 2.83. The van der Waals surface area contributed by atoms with Gasteiger partial charge in [0.25, 0.3) is 0 Å². The third kappa shape index (κ3) is 2.65. The standard InChI is InChI=1S/C16H16BrNO2S/c1-20-11-7-6-10-8-15(16(18)12(10)9-11)21(19)14-5-3-2-4-13(14)17/h2-7,9,15-16H,8,18H2,1H3. The summed E-state index contributed by atoms with van der Waals surface area (Å²) in [5.74, 6) is 0.788. The highest BCUT2D eigenvalue weighted by molar-refractivity contribution is 9.10. The lowest BCUT2D eigenvalue weighted by Crippen LogP contribution is -2.27. The van der Waals surface area contributed by atoms with Crippen molar-refractivity contribution >= 4 is 26.7 Å². The number of ether oxygens (including phenoxy) is 1. The zero-order valence-electron chi connectivity index (χ0n) is 11.6. The molecule has 1 aliphatic carbocycles. The van der Waals surface area contributed by atoms with Gasteiger partial charge in [0.15, 0.2) is 0 Å². The number of rotatable bonds is 3. The Hall–Kier alpha value is -1.17. The molecule has 0 radical (unpaired) electrons. The number of fused-ring (bicyclic) bond motifs is 1. The summed E-state index contributed by atoms with van der Waals surface area (Å²) in [5.41, 5.74) is 8.54. The van der Waals surface area contributed by atoms with Gasteiger partial charge in [-0.3, -0.25) is 4.21 Å². The molecule has 0 fully saturated rings. The van der Waals surface area contributed by atoms with Gasteiger partial charge in [-0.2, -0.15) is 0 Å². The molecule has 3 unspecified atom stereocenters. The number of hydrogen-bond acceptors (Lipinski definition) is 3. The van der Waals surface area contributed by atoms with Gasteiger partial charge in [0, 0.05) is 10.5 Å². The summed E-state index contributed by atoms with van der Waals surface area (Å²) in [7, 11) is 0.490. The molecule has 21 heavy (non-hydrogen) atoms. The van der Waals surface area contributed by atoms with Gasteiger partial charge >= 0.3 is 0 Å². The molecule has 0 amide bonds. The molecule has 0 spiro atoms. The van der Waals surface area contributed by atoms with Crippen LogP contribution in [-0.4, -0.2) is 16.6 Å². The SMILES string of the molecule is COc1ccc2c(c1)C(N)C(S(=O)c1ccccc1Br)C2. The fraction of sp³-hybridized carbons (Fsp3) is 0.250. The van der Waals surface area contributed by atoms with Gasteiger partial charge in [-0.1, -0.05) is 18.2 Å². The minimum Gasteiger partial charge on any atom is -0.497 e. The predicted molar refractivity (Wildman–Crippen MR) is 88.0 cm³/mol. The second-order valence-corrected chi connectivity index (χ2v) is 7.56. The van der Waals surface area contributed by atoms with Crippen molar-refractivity contribution < 1.29 is 8.95 Å². The molecule has 2 aromatic carbocycles. The van der Waals surface area contributed by atoms with E-state index in [0.29, 0.717) is 0 Å². The molecular formula is C16H16BrNO2S. The monoisotopic (exact) mass is 365 g/mol. The van der Waals surface area contributed by atoms with Crippen molar-refractivity contribution in [2.75, 3.05) is 7.11 Å². The van der Waals surface area contributed by atoms with Crippen molar-refractivity contribution in [2.45, 2.75) is 22.6 Å². The largest absolute Gasteiger partial charge is 0.497 e. The van der Waals surface area contributed by atoms with Gasteiger partial charge in [-0.05, 0) is 57.7 Å². The Balaban J connectivity index is 1.93. The molecule has 3 nitrogen and oxygen atoms in total. The quantitative estimate of drug-likeness (QED) is 0.908. The normalized spacial score (nSPS) is 21.9. The van der Waals surface area contributed by atoms with Gasteiger partial charge in [0.05, 0.1) is 28.1 Å². The van der Waals surface area contributed by atoms with Crippen LogP contribution in [0, 0.1) is 0 Å². The van der Waals surface area contributed by atoms with Crippen LogP contribution < -0.4 is 10.5 Å². The Morgan fingerprint density at radius 3 is 2.76 bits per heavy atom. The van der Waals surface area contributed by atoms with Crippen molar-refractivity contribution in [3.8, 4) is 5.75 Å². The fourth-order valence-electron chi connectivity index (χ4n) is 2.72. The fourth-order valence-corrected chi connectivity index (χ4v) is 5.03. The first-order chi connectivity index (χ1) is 10.1. The number of benzene rings is 2. The Morgan fingerprint density at radius 2 is 2.05 bits per heavy atom. The van der Waals surface area contributed by atoms with Crippen LogP contribution in [-0.2, 0) is 17.2 Å². The maximum absolute atomic E-state index is 12.9. The molecule has 0 aliphatic heterocycles. The van der Waals surface area contributed by atoms with Crippen LogP contribution >= 0.6 is 15.9 Å². The number of methoxy groups -OCH3 is 1. The predicted octanol–water partition coefficient (Wildman–Crippen LogP) is 3.19. The van der Waals surface area contributed by atoms with Gasteiger partial charge < -0.3 is 10.5 Å². The van der Waals surface area contributed by atoms with Crippen LogP contribution in [0.15, 0.2) is 51.8 Å². The molecule has 0 saturated heterocycles. The third-order valence-electron chi connectivity index (χ3n) is 3.86. The first kappa shape index (κ1) is 14.8. The molecule has 1 aliphatic rings. The summed E-state index contributed by atoms with van der Waals surface area (Å²) >= 11 is 3.47. The van der Waals surface area contributed by atoms with Gasteiger partial charge in [0.1, 0.15) is 5.75 Å². The van der Waals surface area contributed by atoms with Crippen molar-refractivity contribution in [3.05, 3.63) is 58.1 Å². The summed E-state index contributed by atoms with van der Waals surface area (Å²) < 4.78 is 19.0. The molecule has 110 valence electrons. The van der Waals surface area contributed by atoms with E-state index in [0.717, 1.165) is 32.7 Å². The van der Waals surface area contributed by atoms with E-state index in [2.05, 4.69) is 15.9 Å². The van der Waals surface area contributed by atoms with Crippen LogP contribution in [0.2, 0.25) is 0 Å². The third-order valence-corrected chi connectivity index (χ3v) is 6.62. The molecule has 2 aromatic rings. The lowest BCUT2D eigenvalue weighted by Gasteiger charge is -2.16. The molecule has 0 heterocycles. The first-order valence-corrected chi connectivity index (χ1v) is 8.70. The van der Waals surface area contributed by atoms with Crippen molar-refractivity contribution in [1.82, 2.24) is 0 Å². The smallest absolute Gasteiger partial charge is 0.119 e. The molecular weight excluding hydrogens is 350 g/mol.